The molecule has 2 saturated heterocycles. The fourth-order valence-corrected chi connectivity index (χ4v) is 8.27. The maximum Gasteiger partial charge on any atom is 0.317 e. The van der Waals surface area contributed by atoms with E-state index in [9.17, 15) is 21.6 Å². The van der Waals surface area contributed by atoms with Crippen LogP contribution in [0.2, 0.25) is 10.3 Å². The van der Waals surface area contributed by atoms with Gasteiger partial charge in [0.05, 0.1) is 19.1 Å². The highest BCUT2D eigenvalue weighted by Gasteiger charge is 2.65. The number of nitrogens with one attached hydrogen (secondary N) is 2. The Labute approximate surface area is 267 Å². The lowest BCUT2D eigenvalue weighted by Gasteiger charge is -2.30. The summed E-state index contributed by atoms with van der Waals surface area (Å²) in [5.74, 6) is -0.286. The maximum absolute atomic E-state index is 13.4. The van der Waals surface area contributed by atoms with Crippen LogP contribution >= 0.6 is 23.2 Å². The monoisotopic (exact) mass is 690 g/mol. The van der Waals surface area contributed by atoms with Crippen LogP contribution in [0, 0.1) is 0 Å². The van der Waals surface area contributed by atoms with Gasteiger partial charge in [0.25, 0.3) is 0 Å². The number of piperidine rings is 2. The highest BCUT2D eigenvalue weighted by atomic mass is 35.5. The quantitative estimate of drug-likeness (QED) is 0.275. The van der Waals surface area contributed by atoms with Crippen molar-refractivity contribution in [3.8, 4) is 0 Å². The van der Waals surface area contributed by atoms with Gasteiger partial charge in [-0.3, -0.25) is 4.79 Å². The van der Waals surface area contributed by atoms with Crippen molar-refractivity contribution in [3.63, 3.8) is 0 Å². The predicted octanol–water partition coefficient (Wildman–Crippen LogP) is 2.23. The van der Waals surface area contributed by atoms with Crippen LogP contribution in [0.4, 0.5) is 11.9 Å². The van der Waals surface area contributed by atoms with Crippen molar-refractivity contribution in [3.05, 3.63) is 33.8 Å². The van der Waals surface area contributed by atoms with Crippen molar-refractivity contribution in [2.45, 2.75) is 62.4 Å². The molecule has 1 saturated carbocycles. The summed E-state index contributed by atoms with van der Waals surface area (Å²) in [6.45, 7) is 3.51. The first-order valence-corrected chi connectivity index (χ1v) is 18.8. The molecule has 0 bridgehead atoms. The van der Waals surface area contributed by atoms with E-state index in [4.69, 9.17) is 27.9 Å². The van der Waals surface area contributed by atoms with E-state index in [1.807, 2.05) is 0 Å². The first-order chi connectivity index (χ1) is 20.7. The van der Waals surface area contributed by atoms with Crippen molar-refractivity contribution in [1.29, 1.82) is 0 Å². The number of aromatic nitrogens is 4. The summed E-state index contributed by atoms with van der Waals surface area (Å²) in [6.07, 6.45) is 8.26. The molecule has 2 N–H and O–H groups in total. The lowest BCUT2D eigenvalue weighted by atomic mass is 9.93. The number of carbonyl (C=O) groups excluding carboxylic acids is 1. The van der Waals surface area contributed by atoms with Crippen LogP contribution in [0.25, 0.3) is 0 Å². The van der Waals surface area contributed by atoms with Gasteiger partial charge in [0.2, 0.25) is 31.9 Å². The molecule has 14 nitrogen and oxygen atoms in total. The largest absolute Gasteiger partial charge is 0.465 e. The number of hydrogen-bond donors (Lipinski definition) is 2. The van der Waals surface area contributed by atoms with Gasteiger partial charge < -0.3 is 15.4 Å². The van der Waals surface area contributed by atoms with Gasteiger partial charge in [-0.05, 0) is 39.0 Å². The molecule has 242 valence electrons. The van der Waals surface area contributed by atoms with Crippen LogP contribution in [0.15, 0.2) is 12.4 Å². The number of sulfonamides is 2. The molecule has 18 heteroatoms. The zero-order valence-corrected chi connectivity index (χ0v) is 27.8. The first kappa shape index (κ1) is 33.0. The standard InChI is InChI=1S/C26H36Cl2N8O6S2/c1-4-42-23(37)26(20-15-30-25(34-22(20)28)32-17-7-11-36(12-8-17)44(3,40)41)13-19(26)18-14-29-24(33-21(18)27)31-16-5-9-35(10-6-16)43(2,38)39/h14-17,19H,4-13H2,1-3H3,(H,29,31,33)(H,30,32,34). The lowest BCUT2D eigenvalue weighted by Crippen LogP contribution is -2.42. The highest BCUT2D eigenvalue weighted by molar-refractivity contribution is 7.88. The third-order valence-electron chi connectivity index (χ3n) is 8.48. The van der Waals surface area contributed by atoms with Crippen LogP contribution in [0.5, 0.6) is 0 Å². The van der Waals surface area contributed by atoms with E-state index in [0.29, 0.717) is 75.4 Å². The molecule has 2 aromatic rings. The van der Waals surface area contributed by atoms with Gasteiger partial charge in [-0.1, -0.05) is 23.2 Å². The number of halogens is 2. The Bertz CT molecular complexity index is 1620. The molecule has 0 spiro atoms. The molecular formula is C26H36Cl2N8O6S2. The van der Waals surface area contributed by atoms with Crippen molar-refractivity contribution >= 4 is 61.1 Å². The minimum absolute atomic E-state index is 0.00947. The second-order valence-electron chi connectivity index (χ2n) is 11.4. The summed E-state index contributed by atoms with van der Waals surface area (Å²) in [7, 11) is -6.46. The normalized spacial score (nSPS) is 24.2. The van der Waals surface area contributed by atoms with Crippen molar-refractivity contribution < 1.29 is 26.4 Å². The number of rotatable bonds is 10. The van der Waals surface area contributed by atoms with Gasteiger partial charge in [0.15, 0.2) is 0 Å². The minimum atomic E-state index is -3.24. The molecule has 5 rings (SSSR count). The van der Waals surface area contributed by atoms with Gasteiger partial charge in [-0.15, -0.1) is 0 Å². The lowest BCUT2D eigenvalue weighted by molar-refractivity contribution is -0.146. The van der Waals surface area contributed by atoms with E-state index in [-0.39, 0.29) is 34.9 Å². The smallest absolute Gasteiger partial charge is 0.317 e. The summed E-state index contributed by atoms with van der Waals surface area (Å²) in [5.41, 5.74) is -0.184. The Hall–Kier alpha value is -2.37. The molecule has 1 aliphatic carbocycles. The molecule has 2 aliphatic heterocycles. The number of nitrogens with zero attached hydrogens (tertiary/aromatic N) is 6. The number of esters is 1. The van der Waals surface area contributed by atoms with Crippen LogP contribution in [-0.2, 0) is 35.0 Å². The Balaban J connectivity index is 1.29. The average Bonchev–Trinajstić information content (AvgIpc) is 3.69. The fourth-order valence-electron chi connectivity index (χ4n) is 5.96. The maximum atomic E-state index is 13.4. The van der Waals surface area contributed by atoms with Gasteiger partial charge in [-0.2, -0.15) is 0 Å². The van der Waals surface area contributed by atoms with Crippen LogP contribution in [0.1, 0.15) is 56.1 Å². The molecule has 0 amide bonds. The number of anilines is 2. The number of ether oxygens (including phenoxy) is 1. The second kappa shape index (κ2) is 12.8. The molecule has 2 unspecified atom stereocenters. The van der Waals surface area contributed by atoms with Crippen LogP contribution in [-0.4, -0.2) is 109 Å². The van der Waals surface area contributed by atoms with Gasteiger partial charge in [0.1, 0.15) is 15.7 Å². The summed E-state index contributed by atoms with van der Waals surface area (Å²) in [5, 5.41) is 6.74. The van der Waals surface area contributed by atoms with Gasteiger partial charge in [0, 0.05) is 67.7 Å². The zero-order valence-electron chi connectivity index (χ0n) is 24.7. The summed E-state index contributed by atoms with van der Waals surface area (Å²) < 4.78 is 55.6. The van der Waals surface area contributed by atoms with E-state index >= 15 is 0 Å². The van der Waals surface area contributed by atoms with E-state index in [1.165, 1.54) is 27.3 Å². The molecule has 2 aromatic heterocycles. The Morgan fingerprint density at radius 2 is 1.36 bits per heavy atom. The molecule has 2 atom stereocenters. The van der Waals surface area contributed by atoms with Crippen LogP contribution in [0.3, 0.4) is 0 Å². The molecule has 44 heavy (non-hydrogen) atoms. The summed E-state index contributed by atoms with van der Waals surface area (Å²) >= 11 is 13.3. The average molecular weight is 692 g/mol. The highest BCUT2D eigenvalue weighted by Crippen LogP contribution is 2.63. The molecule has 0 radical (unpaired) electrons. The van der Waals surface area contributed by atoms with Crippen molar-refractivity contribution in [2.75, 3.05) is 55.9 Å². The topological polar surface area (TPSA) is 177 Å². The molecule has 4 heterocycles. The molecular weight excluding hydrogens is 655 g/mol. The van der Waals surface area contributed by atoms with Crippen LogP contribution < -0.4 is 10.6 Å². The minimum Gasteiger partial charge on any atom is -0.465 e. The van der Waals surface area contributed by atoms with E-state index < -0.39 is 37.3 Å². The van der Waals surface area contributed by atoms with Gasteiger partial charge in [-0.25, -0.2) is 45.4 Å². The van der Waals surface area contributed by atoms with E-state index in [2.05, 4.69) is 30.6 Å². The van der Waals surface area contributed by atoms with Crippen molar-refractivity contribution in [1.82, 2.24) is 28.5 Å². The first-order valence-electron chi connectivity index (χ1n) is 14.4. The SMILES string of the molecule is CCOC(=O)C1(c2cnc(NC3CCN(S(C)(=O)=O)CC3)nc2Cl)CC1c1cnc(NC2CCN(S(C)(=O)=O)CC2)nc1Cl. The van der Waals surface area contributed by atoms with Gasteiger partial charge >= 0.3 is 5.97 Å². The molecule has 0 aromatic carbocycles. The Morgan fingerprint density at radius 1 is 0.886 bits per heavy atom. The third kappa shape index (κ3) is 7.04. The fraction of sp³-hybridized carbons (Fsp3) is 0.654. The molecule has 3 fully saturated rings. The van der Waals surface area contributed by atoms with E-state index in [1.54, 1.807) is 13.1 Å². The Kier molecular flexibility index (Phi) is 9.60. The summed E-state index contributed by atoms with van der Waals surface area (Å²) in [4.78, 5) is 31.1. The number of carbonyl (C=O) groups is 1. The second-order valence-corrected chi connectivity index (χ2v) is 16.1. The predicted molar refractivity (Wildman–Crippen MR) is 166 cm³/mol. The van der Waals surface area contributed by atoms with E-state index in [0.717, 1.165) is 0 Å². The Morgan fingerprint density at radius 3 is 1.80 bits per heavy atom. The zero-order chi connectivity index (χ0) is 31.9. The summed E-state index contributed by atoms with van der Waals surface area (Å²) in [6, 6.07) is -0.0392. The van der Waals surface area contributed by atoms with Crippen molar-refractivity contribution in [2.24, 2.45) is 0 Å². The third-order valence-corrected chi connectivity index (χ3v) is 11.7. The molecule has 3 aliphatic rings. The number of hydrogen-bond acceptors (Lipinski definition) is 12.